The first-order chi connectivity index (χ1) is 11.2. The van der Waals surface area contributed by atoms with Gasteiger partial charge in [-0.05, 0) is 6.92 Å². The van der Waals surface area contributed by atoms with Crippen LogP contribution in [0.2, 0.25) is 0 Å². The molecule has 122 valence electrons. The molecule has 0 bridgehead atoms. The quantitative estimate of drug-likeness (QED) is 0.766. The fraction of sp³-hybridized carbons (Fsp3) is 0.294. The third-order valence-corrected chi connectivity index (χ3v) is 4.34. The molecule has 2 aromatic rings. The van der Waals surface area contributed by atoms with Crippen LogP contribution in [0.5, 0.6) is 0 Å². The number of nitrogens with one attached hydrogen (secondary N) is 1. The molecule has 0 saturated heterocycles. The van der Waals surface area contributed by atoms with Crippen molar-refractivity contribution in [1.29, 1.82) is 0 Å². The fourth-order valence-electron chi connectivity index (χ4n) is 2.12. The first kappa shape index (κ1) is 17.2. The van der Waals surface area contributed by atoms with Crippen LogP contribution in [0.1, 0.15) is 18.0 Å². The minimum absolute atomic E-state index is 0.0783. The maximum Gasteiger partial charge on any atom is 0.318 e. The van der Waals surface area contributed by atoms with E-state index >= 15 is 0 Å². The maximum absolute atomic E-state index is 12.2. The van der Waals surface area contributed by atoms with Gasteiger partial charge in [-0.25, -0.2) is 9.78 Å². The van der Waals surface area contributed by atoms with E-state index in [4.69, 9.17) is 5.11 Å². The summed E-state index contributed by atoms with van der Waals surface area (Å²) in [6.07, 6.45) is 1.64. The maximum atomic E-state index is 12.2. The average Bonchev–Trinajstić information content (AvgIpc) is 3.05. The summed E-state index contributed by atoms with van der Waals surface area (Å²) in [7, 11) is 0. The molecule has 2 amide bonds. The number of carbonyl (C=O) groups is 1. The smallest absolute Gasteiger partial charge is 0.318 e. The van der Waals surface area contributed by atoms with E-state index in [-0.39, 0.29) is 25.2 Å². The second-order valence-electron chi connectivity index (χ2n) is 5.07. The van der Waals surface area contributed by atoms with Crippen molar-refractivity contribution in [3.63, 3.8) is 0 Å². The van der Waals surface area contributed by atoms with E-state index in [1.54, 1.807) is 6.08 Å². The second-order valence-corrected chi connectivity index (χ2v) is 5.96. The van der Waals surface area contributed by atoms with Gasteiger partial charge in [-0.1, -0.05) is 36.4 Å². The van der Waals surface area contributed by atoms with Crippen LogP contribution in [0.3, 0.4) is 0 Å². The summed E-state index contributed by atoms with van der Waals surface area (Å²) in [4.78, 5) is 18.3. The van der Waals surface area contributed by atoms with Gasteiger partial charge >= 0.3 is 6.03 Å². The molecule has 1 aromatic carbocycles. The highest BCUT2D eigenvalue weighted by molar-refractivity contribution is 7.10. The number of aromatic nitrogens is 1. The van der Waals surface area contributed by atoms with Gasteiger partial charge in [-0.15, -0.1) is 17.9 Å². The molecule has 6 heteroatoms. The van der Waals surface area contributed by atoms with Crippen LogP contribution in [0.15, 0.2) is 48.4 Å². The number of carbonyl (C=O) groups excluding carboxylic acids is 1. The van der Waals surface area contributed by atoms with Gasteiger partial charge in [0.25, 0.3) is 0 Å². The number of rotatable bonds is 7. The van der Waals surface area contributed by atoms with Crippen LogP contribution < -0.4 is 5.32 Å². The van der Waals surface area contributed by atoms with E-state index < -0.39 is 0 Å². The van der Waals surface area contributed by atoms with E-state index in [1.807, 2.05) is 42.6 Å². The molecule has 1 heterocycles. The Morgan fingerprint density at radius 1 is 1.48 bits per heavy atom. The number of aliphatic hydroxyl groups is 1. The average molecular weight is 331 g/mol. The Morgan fingerprint density at radius 3 is 2.87 bits per heavy atom. The first-order valence-corrected chi connectivity index (χ1v) is 8.31. The molecule has 0 aliphatic rings. The lowest BCUT2D eigenvalue weighted by Gasteiger charge is -2.22. The van der Waals surface area contributed by atoms with E-state index in [1.165, 1.54) is 16.2 Å². The summed E-state index contributed by atoms with van der Waals surface area (Å²) in [5.41, 5.74) is 1.96. The van der Waals surface area contributed by atoms with Crippen molar-refractivity contribution in [3.05, 3.63) is 53.4 Å². The molecule has 0 radical (unpaired) electrons. The summed E-state index contributed by atoms with van der Waals surface area (Å²) in [6.45, 7) is 6.12. The predicted molar refractivity (Wildman–Crippen MR) is 93.4 cm³/mol. The van der Waals surface area contributed by atoms with Crippen molar-refractivity contribution in [2.75, 3.05) is 19.7 Å². The van der Waals surface area contributed by atoms with Crippen molar-refractivity contribution in [2.24, 2.45) is 0 Å². The standard InChI is InChI=1S/C17H21N3O2S/c1-3-9-20(10-11-21)17(22)18-13(2)16-19-15(12-23-16)14-7-5-4-6-8-14/h3-8,12-13,21H,1,9-11H2,2H3,(H,18,22). The van der Waals surface area contributed by atoms with Crippen molar-refractivity contribution in [1.82, 2.24) is 15.2 Å². The topological polar surface area (TPSA) is 65.5 Å². The second kappa shape index (κ2) is 8.45. The third-order valence-electron chi connectivity index (χ3n) is 3.31. The lowest BCUT2D eigenvalue weighted by Crippen LogP contribution is -2.42. The zero-order valence-electron chi connectivity index (χ0n) is 13.1. The van der Waals surface area contributed by atoms with Gasteiger partial charge in [-0.3, -0.25) is 0 Å². The molecule has 0 aliphatic carbocycles. The van der Waals surface area contributed by atoms with Crippen molar-refractivity contribution in [3.8, 4) is 11.3 Å². The van der Waals surface area contributed by atoms with E-state index in [0.717, 1.165) is 16.3 Å². The number of thiazole rings is 1. The van der Waals surface area contributed by atoms with Crippen LogP contribution in [0, 0.1) is 0 Å². The fourth-order valence-corrected chi connectivity index (χ4v) is 2.95. The Bertz CT molecular complexity index is 642. The van der Waals surface area contributed by atoms with Gasteiger partial charge in [-0.2, -0.15) is 0 Å². The molecule has 2 rings (SSSR count). The molecule has 1 unspecified atom stereocenters. The minimum atomic E-state index is -0.233. The van der Waals surface area contributed by atoms with Crippen LogP contribution in [-0.4, -0.2) is 40.7 Å². The number of benzene rings is 1. The highest BCUT2D eigenvalue weighted by Crippen LogP contribution is 2.25. The summed E-state index contributed by atoms with van der Waals surface area (Å²) in [5, 5.41) is 14.8. The zero-order chi connectivity index (χ0) is 16.7. The first-order valence-electron chi connectivity index (χ1n) is 7.43. The van der Waals surface area contributed by atoms with Gasteiger partial charge < -0.3 is 15.3 Å². The lowest BCUT2D eigenvalue weighted by atomic mass is 10.2. The summed E-state index contributed by atoms with van der Waals surface area (Å²) in [6, 6.07) is 9.50. The number of hydrogen-bond acceptors (Lipinski definition) is 4. The number of urea groups is 1. The SMILES string of the molecule is C=CCN(CCO)C(=O)NC(C)c1nc(-c2ccccc2)cs1. The van der Waals surface area contributed by atoms with Gasteiger partial charge in [0.2, 0.25) is 0 Å². The summed E-state index contributed by atoms with van der Waals surface area (Å²) < 4.78 is 0. The van der Waals surface area contributed by atoms with Crippen LogP contribution in [-0.2, 0) is 0 Å². The molecule has 1 aromatic heterocycles. The largest absolute Gasteiger partial charge is 0.395 e. The molecule has 2 N–H and O–H groups in total. The Kier molecular flexibility index (Phi) is 6.31. The molecule has 0 spiro atoms. The van der Waals surface area contributed by atoms with Crippen LogP contribution >= 0.6 is 11.3 Å². The third kappa shape index (κ3) is 4.64. The van der Waals surface area contributed by atoms with Gasteiger partial charge in [0, 0.05) is 24.0 Å². The molecule has 0 fully saturated rings. The highest BCUT2D eigenvalue weighted by atomic mass is 32.1. The molecular weight excluding hydrogens is 310 g/mol. The van der Waals surface area contributed by atoms with Gasteiger partial charge in [0.05, 0.1) is 18.3 Å². The van der Waals surface area contributed by atoms with Crippen LogP contribution in [0.4, 0.5) is 4.79 Å². The Hall–Kier alpha value is -2.18. The van der Waals surface area contributed by atoms with E-state index in [0.29, 0.717) is 6.54 Å². The lowest BCUT2D eigenvalue weighted by molar-refractivity contribution is 0.181. The van der Waals surface area contributed by atoms with Gasteiger partial charge in [0.1, 0.15) is 5.01 Å². The monoisotopic (exact) mass is 331 g/mol. The van der Waals surface area contributed by atoms with Crippen LogP contribution in [0.25, 0.3) is 11.3 Å². The Morgan fingerprint density at radius 2 is 2.22 bits per heavy atom. The Labute approximate surface area is 140 Å². The van der Waals surface area contributed by atoms with Crippen molar-refractivity contribution in [2.45, 2.75) is 13.0 Å². The number of nitrogens with zero attached hydrogens (tertiary/aromatic N) is 2. The molecule has 0 aliphatic heterocycles. The predicted octanol–water partition coefficient (Wildman–Crippen LogP) is 3.06. The minimum Gasteiger partial charge on any atom is -0.395 e. The highest BCUT2D eigenvalue weighted by Gasteiger charge is 2.17. The molecule has 1 atom stereocenters. The molecular formula is C17H21N3O2S. The van der Waals surface area contributed by atoms with Crippen molar-refractivity contribution < 1.29 is 9.90 Å². The number of aliphatic hydroxyl groups excluding tert-OH is 1. The normalized spacial score (nSPS) is 11.7. The zero-order valence-corrected chi connectivity index (χ0v) is 13.9. The summed E-state index contributed by atoms with van der Waals surface area (Å²) >= 11 is 1.52. The Balaban J connectivity index is 2.03. The molecule has 0 saturated carbocycles. The van der Waals surface area contributed by atoms with E-state index in [2.05, 4.69) is 16.9 Å². The molecule has 5 nitrogen and oxygen atoms in total. The van der Waals surface area contributed by atoms with E-state index in [9.17, 15) is 4.79 Å². The molecule has 23 heavy (non-hydrogen) atoms. The number of amides is 2. The number of hydrogen-bond donors (Lipinski definition) is 2. The van der Waals surface area contributed by atoms with Gasteiger partial charge in [0.15, 0.2) is 0 Å². The van der Waals surface area contributed by atoms with Crippen molar-refractivity contribution >= 4 is 17.4 Å². The summed E-state index contributed by atoms with van der Waals surface area (Å²) in [5.74, 6) is 0.